The second-order valence-electron chi connectivity index (χ2n) is 5.22. The van der Waals surface area contributed by atoms with Crippen LogP contribution in [-0.2, 0) is 45.8 Å². The zero-order valence-corrected chi connectivity index (χ0v) is 17.9. The molecule has 0 bridgehead atoms. The molecule has 0 spiro atoms. The molecule has 0 radical (unpaired) electrons. The lowest BCUT2D eigenvalue weighted by atomic mass is 9.84. The first-order chi connectivity index (χ1) is 12.7. The summed E-state index contributed by atoms with van der Waals surface area (Å²) < 4.78 is 73.3. The van der Waals surface area contributed by atoms with Crippen LogP contribution in [-0.4, -0.2) is 80.2 Å². The maximum Gasteiger partial charge on any atom is 0.470 e. The van der Waals surface area contributed by atoms with Crippen molar-refractivity contribution >= 4 is 32.2 Å². The minimum absolute atomic E-state index is 0.937. The molecule has 8 atom stereocenters. The van der Waals surface area contributed by atoms with Crippen LogP contribution in [0.4, 0.5) is 0 Å². The number of hydrogen-bond acceptors (Lipinski definition) is 10. The maximum absolute atomic E-state index is 11.3. The zero-order chi connectivity index (χ0) is 21.9. The summed E-state index contributed by atoms with van der Waals surface area (Å²) in [7, 11) is -16.3. The molecule has 28 heavy (non-hydrogen) atoms. The molecule has 1 aliphatic rings. The molecule has 1 saturated carbocycles. The van der Waals surface area contributed by atoms with Crippen molar-refractivity contribution in [1.82, 2.24) is 0 Å². The summed E-state index contributed by atoms with van der Waals surface area (Å²) in [5, 5.41) is 0. The van der Waals surface area contributed by atoms with Crippen LogP contribution in [0, 0.1) is 0 Å². The number of methoxy groups -OCH3 is 2. The van der Waals surface area contributed by atoms with E-state index in [2.05, 4.69) is 9.05 Å². The Morgan fingerprint density at radius 3 is 1.11 bits per heavy atom. The fourth-order valence-electron chi connectivity index (χ4n) is 2.72. The van der Waals surface area contributed by atoms with E-state index in [1.807, 2.05) is 0 Å². The van der Waals surface area contributed by atoms with Crippen LogP contribution < -0.4 is 0 Å². The molecule has 0 saturated heterocycles. The van der Waals surface area contributed by atoms with E-state index in [0.717, 1.165) is 14.2 Å². The summed E-state index contributed by atoms with van der Waals surface area (Å²) in [6.45, 7) is 0. The number of hydrogen-bond donors (Lipinski definition) is 6. The minimum Gasteiger partial charge on any atom is -0.376 e. The molecule has 2 unspecified atom stereocenters. The Morgan fingerprint density at radius 2 is 0.929 bits per heavy atom. The third-order valence-electron chi connectivity index (χ3n) is 3.48. The molecular weight excluding hydrogens is 476 g/mol. The topological polar surface area (TPSA) is 245 Å². The molecule has 0 amide bonds. The molecule has 0 aromatic heterocycles. The molecule has 1 aliphatic carbocycles. The smallest absolute Gasteiger partial charge is 0.376 e. The summed E-state index contributed by atoms with van der Waals surface area (Å²) in [6, 6.07) is 0. The first-order valence-electron chi connectivity index (χ1n) is 7.02. The molecule has 1 rings (SSSR count). The average Bonchev–Trinajstić information content (AvgIpc) is 2.48. The number of phosphoric ester groups is 2. The molecule has 0 aromatic carbocycles. The van der Waals surface area contributed by atoms with Crippen LogP contribution >= 0.6 is 32.2 Å². The van der Waals surface area contributed by atoms with Crippen molar-refractivity contribution in [2.24, 2.45) is 0 Å². The molecule has 16 nitrogen and oxygen atoms in total. The van der Waals surface area contributed by atoms with Gasteiger partial charge in [0.25, 0.3) is 0 Å². The van der Waals surface area contributed by atoms with Gasteiger partial charge in [0, 0.05) is 14.2 Å². The summed E-state index contributed by atoms with van der Waals surface area (Å²) in [4.78, 5) is 54.7. The van der Waals surface area contributed by atoms with E-state index in [1.54, 1.807) is 0 Å². The molecule has 6 N–H and O–H groups in total. The molecule has 20 heteroatoms. The van der Waals surface area contributed by atoms with Gasteiger partial charge in [-0.05, 0) is 0 Å². The Balaban J connectivity index is 3.54. The Hall–Kier alpha value is 0.440. The number of phosphoric acid groups is 2. The van der Waals surface area contributed by atoms with Crippen molar-refractivity contribution in [1.29, 1.82) is 0 Å². The largest absolute Gasteiger partial charge is 0.470 e. The lowest BCUT2D eigenvalue weighted by Gasteiger charge is -2.47. The fourth-order valence-corrected chi connectivity index (χ4v) is 4.83. The van der Waals surface area contributed by atoms with Gasteiger partial charge in [-0.25, -0.2) is 9.13 Å². The van der Waals surface area contributed by atoms with Crippen LogP contribution in [0.15, 0.2) is 0 Å². The van der Waals surface area contributed by atoms with Crippen LogP contribution in [0.2, 0.25) is 0 Å². The van der Waals surface area contributed by atoms with E-state index in [9.17, 15) is 18.3 Å². The quantitative estimate of drug-likeness (QED) is 0.189. The van der Waals surface area contributed by atoms with Crippen LogP contribution in [0.25, 0.3) is 0 Å². The normalized spacial score (nSPS) is 34.1. The van der Waals surface area contributed by atoms with Crippen LogP contribution in [0.5, 0.6) is 0 Å². The first-order valence-corrected chi connectivity index (χ1v) is 12.6. The van der Waals surface area contributed by atoms with E-state index < -0.39 is 68.8 Å². The fraction of sp³-hybridized carbons (Fsp3) is 1.00. The van der Waals surface area contributed by atoms with E-state index in [1.165, 1.54) is 0 Å². The molecule has 0 aromatic rings. The zero-order valence-electron chi connectivity index (χ0n) is 14.1. The van der Waals surface area contributed by atoms with Gasteiger partial charge in [0.05, 0.1) is 0 Å². The molecular formula is C8H20O16P4. The van der Waals surface area contributed by atoms with Gasteiger partial charge >= 0.3 is 32.2 Å². The third kappa shape index (κ3) is 7.93. The van der Waals surface area contributed by atoms with Crippen LogP contribution in [0.1, 0.15) is 0 Å². The maximum atomic E-state index is 11.3. The highest BCUT2D eigenvalue weighted by molar-refractivity contribution is 7.46. The lowest BCUT2D eigenvalue weighted by molar-refractivity contribution is -0.217. The summed E-state index contributed by atoms with van der Waals surface area (Å²) in [6.07, 6.45) is -11.2. The van der Waals surface area contributed by atoms with Gasteiger partial charge in [-0.3, -0.25) is 18.2 Å². The molecule has 0 heterocycles. The van der Waals surface area contributed by atoms with Crippen molar-refractivity contribution in [2.75, 3.05) is 14.2 Å². The third-order valence-corrected chi connectivity index (χ3v) is 5.46. The molecule has 0 aliphatic heterocycles. The summed E-state index contributed by atoms with van der Waals surface area (Å²) >= 11 is 0. The van der Waals surface area contributed by atoms with Crippen molar-refractivity contribution in [3.05, 3.63) is 0 Å². The van der Waals surface area contributed by atoms with Crippen molar-refractivity contribution in [3.63, 3.8) is 0 Å². The van der Waals surface area contributed by atoms with Gasteiger partial charge < -0.3 is 47.9 Å². The molecule has 1 fully saturated rings. The lowest BCUT2D eigenvalue weighted by Crippen LogP contribution is -2.66. The highest BCUT2D eigenvalue weighted by Crippen LogP contribution is 2.49. The second-order valence-corrected chi connectivity index (χ2v) is 9.14. The van der Waals surface area contributed by atoms with E-state index in [0.29, 0.717) is 0 Å². The Morgan fingerprint density at radius 1 is 0.643 bits per heavy atom. The van der Waals surface area contributed by atoms with Gasteiger partial charge in [0.15, 0.2) is 0 Å². The van der Waals surface area contributed by atoms with Crippen molar-refractivity contribution in [3.8, 4) is 0 Å². The SMILES string of the molecule is CO[C@@H]1[C@H](O[PH](=O)O)[C@@H](O[PH](=O)O)[C@H](OC)[C@@H](OP(=O)(O)O)[C@@H]1OP(=O)(O)O. The second kappa shape index (κ2) is 10.7. The van der Waals surface area contributed by atoms with Gasteiger partial charge in [0.1, 0.15) is 36.6 Å². The highest BCUT2D eigenvalue weighted by Gasteiger charge is 2.58. The van der Waals surface area contributed by atoms with Crippen molar-refractivity contribution in [2.45, 2.75) is 36.6 Å². The van der Waals surface area contributed by atoms with Gasteiger partial charge in [-0.15, -0.1) is 0 Å². The standard InChI is InChI=1S/C8H20O16P4/c1-19-3-5(21-25(9)10)6(22-26(11)12)4(20-2)8(24-28(16,17)18)7(3)23-27(13,14)15/h3-8,25-26H,1-2H3,(H,9,10)(H,11,12)(H2,13,14,15)(H2,16,17,18)/t3-,4+,5-,6-,7+,8+/m0/s1. The van der Waals surface area contributed by atoms with Gasteiger partial charge in [-0.1, -0.05) is 0 Å². The van der Waals surface area contributed by atoms with E-state index >= 15 is 0 Å². The monoisotopic (exact) mass is 496 g/mol. The Kier molecular flexibility index (Phi) is 10.1. The minimum atomic E-state index is -5.33. The summed E-state index contributed by atoms with van der Waals surface area (Å²) in [5.74, 6) is 0. The average molecular weight is 496 g/mol. The molecule has 168 valence electrons. The predicted molar refractivity (Wildman–Crippen MR) is 87.6 cm³/mol. The first kappa shape index (κ1) is 26.5. The Bertz CT molecular complexity index is 601. The summed E-state index contributed by atoms with van der Waals surface area (Å²) in [5.41, 5.74) is 0. The number of ether oxygens (including phenoxy) is 2. The predicted octanol–water partition coefficient (Wildman–Crippen LogP) is -1.48. The van der Waals surface area contributed by atoms with Gasteiger partial charge in [-0.2, -0.15) is 0 Å². The number of rotatable bonds is 10. The van der Waals surface area contributed by atoms with Crippen LogP contribution in [0.3, 0.4) is 0 Å². The van der Waals surface area contributed by atoms with E-state index in [4.69, 9.17) is 47.9 Å². The van der Waals surface area contributed by atoms with E-state index in [-0.39, 0.29) is 0 Å². The van der Waals surface area contributed by atoms with Crippen molar-refractivity contribution < 1.29 is 75.2 Å². The highest BCUT2D eigenvalue weighted by atomic mass is 31.2. The Labute approximate surface area is 159 Å². The van der Waals surface area contributed by atoms with Gasteiger partial charge in [0.2, 0.25) is 0 Å².